The molecule has 3 aromatic heterocycles. The molecule has 132 valence electrons. The van der Waals surface area contributed by atoms with Gasteiger partial charge in [-0.3, -0.25) is 4.79 Å². The topological polar surface area (TPSA) is 46.6 Å². The second-order valence-corrected chi connectivity index (χ2v) is 7.38. The summed E-state index contributed by atoms with van der Waals surface area (Å²) >= 11 is 1.65. The minimum atomic E-state index is 0.0538. The van der Waals surface area contributed by atoms with Gasteiger partial charge in [0.05, 0.1) is 32.0 Å². The van der Waals surface area contributed by atoms with Gasteiger partial charge in [0, 0.05) is 15.8 Å². The van der Waals surface area contributed by atoms with Gasteiger partial charge in [-0.25, -0.2) is 0 Å². The third-order valence-electron chi connectivity index (χ3n) is 4.36. The fraction of sp³-hybridized carbons (Fsp3) is 0.190. The molecule has 0 N–H and O–H groups in total. The first kappa shape index (κ1) is 16.7. The number of nitrogens with zero attached hydrogens (tertiary/aromatic N) is 1. The first-order chi connectivity index (χ1) is 12.7. The predicted molar refractivity (Wildman–Crippen MR) is 102 cm³/mol. The number of benzene rings is 1. The number of thiophene rings is 1. The van der Waals surface area contributed by atoms with E-state index in [1.165, 1.54) is 0 Å². The van der Waals surface area contributed by atoms with Crippen LogP contribution in [0.25, 0.3) is 11.0 Å². The molecule has 0 bridgehead atoms. The smallest absolute Gasteiger partial charge is 0.227 e. The van der Waals surface area contributed by atoms with Crippen molar-refractivity contribution in [2.24, 2.45) is 0 Å². The van der Waals surface area contributed by atoms with E-state index in [-0.39, 0.29) is 5.91 Å². The molecular weight excluding hydrogens is 346 g/mol. The van der Waals surface area contributed by atoms with Gasteiger partial charge in [0.25, 0.3) is 0 Å². The standard InChI is InChI=1S/C21H19NO3S/c1-15-6-7-19-16(14-25-20(19)10-15)11-21(23)22(12-17-4-2-8-24-17)13-18-5-3-9-26-18/h2-10,14H,11-13H2,1H3. The summed E-state index contributed by atoms with van der Waals surface area (Å²) in [4.78, 5) is 16.0. The van der Waals surface area contributed by atoms with Gasteiger partial charge in [-0.05, 0) is 42.1 Å². The van der Waals surface area contributed by atoms with Crippen molar-refractivity contribution in [2.75, 3.05) is 0 Å². The Bertz CT molecular complexity index is 963. The Morgan fingerprint density at radius 1 is 1.12 bits per heavy atom. The molecule has 0 atom stereocenters. The zero-order valence-corrected chi connectivity index (χ0v) is 15.3. The van der Waals surface area contributed by atoms with Gasteiger partial charge in [-0.15, -0.1) is 11.3 Å². The quantitative estimate of drug-likeness (QED) is 0.474. The maximum Gasteiger partial charge on any atom is 0.227 e. The second-order valence-electron chi connectivity index (χ2n) is 6.35. The molecule has 1 aromatic carbocycles. The maximum absolute atomic E-state index is 13.0. The van der Waals surface area contributed by atoms with E-state index < -0.39 is 0 Å². The van der Waals surface area contributed by atoms with Crippen molar-refractivity contribution in [3.05, 3.63) is 82.1 Å². The van der Waals surface area contributed by atoms with Crippen molar-refractivity contribution in [1.29, 1.82) is 0 Å². The summed E-state index contributed by atoms with van der Waals surface area (Å²) in [6.45, 7) is 3.06. The van der Waals surface area contributed by atoms with Crippen LogP contribution >= 0.6 is 11.3 Å². The molecule has 0 saturated heterocycles. The van der Waals surface area contributed by atoms with Gasteiger partial charge in [-0.1, -0.05) is 18.2 Å². The van der Waals surface area contributed by atoms with Gasteiger partial charge < -0.3 is 13.7 Å². The Kier molecular flexibility index (Phi) is 4.63. The first-order valence-corrected chi connectivity index (χ1v) is 9.36. The molecule has 0 saturated carbocycles. The molecule has 0 aliphatic carbocycles. The van der Waals surface area contributed by atoms with Crippen molar-refractivity contribution in [1.82, 2.24) is 4.90 Å². The predicted octanol–water partition coefficient (Wildman–Crippen LogP) is 5.17. The summed E-state index contributed by atoms with van der Waals surface area (Å²) in [7, 11) is 0. The molecule has 5 heteroatoms. The van der Waals surface area contributed by atoms with Crippen molar-refractivity contribution in [3.63, 3.8) is 0 Å². The molecule has 1 amide bonds. The summed E-state index contributed by atoms with van der Waals surface area (Å²) in [5.74, 6) is 0.834. The van der Waals surface area contributed by atoms with Crippen LogP contribution in [-0.4, -0.2) is 10.8 Å². The van der Waals surface area contributed by atoms with Crippen LogP contribution < -0.4 is 0 Å². The fourth-order valence-corrected chi connectivity index (χ4v) is 3.74. The van der Waals surface area contributed by atoms with E-state index in [1.54, 1.807) is 23.9 Å². The highest BCUT2D eigenvalue weighted by Gasteiger charge is 2.19. The number of fused-ring (bicyclic) bond motifs is 1. The lowest BCUT2D eigenvalue weighted by molar-refractivity contribution is -0.131. The van der Waals surface area contributed by atoms with Gasteiger partial charge in [0.1, 0.15) is 11.3 Å². The van der Waals surface area contributed by atoms with Gasteiger partial charge >= 0.3 is 0 Å². The second kappa shape index (κ2) is 7.22. The van der Waals surface area contributed by atoms with Gasteiger partial charge in [-0.2, -0.15) is 0 Å². The Labute approximate surface area is 155 Å². The van der Waals surface area contributed by atoms with Crippen LogP contribution in [0.1, 0.15) is 21.8 Å². The zero-order valence-electron chi connectivity index (χ0n) is 14.5. The number of rotatable bonds is 6. The number of aryl methyl sites for hydroxylation is 1. The number of furan rings is 2. The molecule has 0 radical (unpaired) electrons. The van der Waals surface area contributed by atoms with E-state index in [0.717, 1.165) is 32.7 Å². The average Bonchev–Trinajstić information content (AvgIpc) is 3.37. The van der Waals surface area contributed by atoms with Gasteiger partial charge in [0.15, 0.2) is 0 Å². The van der Waals surface area contributed by atoms with E-state index in [1.807, 2.05) is 59.7 Å². The molecule has 4 rings (SSSR count). The monoisotopic (exact) mass is 365 g/mol. The molecule has 0 aliphatic rings. The number of carbonyl (C=O) groups excluding carboxylic acids is 1. The highest BCUT2D eigenvalue weighted by Crippen LogP contribution is 2.24. The first-order valence-electron chi connectivity index (χ1n) is 8.48. The maximum atomic E-state index is 13.0. The van der Waals surface area contributed by atoms with Gasteiger partial charge in [0.2, 0.25) is 5.91 Å². The summed E-state index contributed by atoms with van der Waals surface area (Å²) in [6.07, 6.45) is 3.63. The van der Waals surface area contributed by atoms with Crippen LogP contribution in [-0.2, 0) is 24.3 Å². The third kappa shape index (κ3) is 3.58. The van der Waals surface area contributed by atoms with Crippen LogP contribution in [0.15, 0.2) is 69.2 Å². The SMILES string of the molecule is Cc1ccc2c(CC(=O)N(Cc3ccco3)Cc3cccs3)coc2c1. The fourth-order valence-electron chi connectivity index (χ4n) is 3.02. The highest BCUT2D eigenvalue weighted by molar-refractivity contribution is 7.09. The van der Waals surface area contributed by atoms with Crippen LogP contribution in [0.3, 0.4) is 0 Å². The molecule has 4 aromatic rings. The number of hydrogen-bond donors (Lipinski definition) is 0. The van der Waals surface area contributed by atoms with E-state index in [2.05, 4.69) is 0 Å². The van der Waals surface area contributed by atoms with E-state index >= 15 is 0 Å². The molecule has 4 nitrogen and oxygen atoms in total. The highest BCUT2D eigenvalue weighted by atomic mass is 32.1. The molecule has 0 aliphatic heterocycles. The Hall–Kier alpha value is -2.79. The van der Waals surface area contributed by atoms with Crippen molar-refractivity contribution in [3.8, 4) is 0 Å². The Morgan fingerprint density at radius 3 is 2.81 bits per heavy atom. The Balaban J connectivity index is 1.56. The van der Waals surface area contributed by atoms with Crippen molar-refractivity contribution < 1.29 is 13.6 Å². The van der Waals surface area contributed by atoms with E-state index in [0.29, 0.717) is 19.5 Å². The summed E-state index contributed by atoms with van der Waals surface area (Å²) in [5.41, 5.74) is 2.88. The molecule has 0 fully saturated rings. The molecule has 3 heterocycles. The van der Waals surface area contributed by atoms with Crippen LogP contribution in [0.2, 0.25) is 0 Å². The van der Waals surface area contributed by atoms with E-state index in [4.69, 9.17) is 8.83 Å². The summed E-state index contributed by atoms with van der Waals surface area (Å²) in [6, 6.07) is 13.8. The minimum absolute atomic E-state index is 0.0538. The minimum Gasteiger partial charge on any atom is -0.467 e. The molecule has 26 heavy (non-hydrogen) atoms. The van der Waals surface area contributed by atoms with Crippen LogP contribution in [0, 0.1) is 6.92 Å². The largest absolute Gasteiger partial charge is 0.467 e. The van der Waals surface area contributed by atoms with E-state index in [9.17, 15) is 4.79 Å². The van der Waals surface area contributed by atoms with Crippen LogP contribution in [0.5, 0.6) is 0 Å². The van der Waals surface area contributed by atoms with Crippen molar-refractivity contribution >= 4 is 28.2 Å². The van der Waals surface area contributed by atoms with Crippen LogP contribution in [0.4, 0.5) is 0 Å². The summed E-state index contributed by atoms with van der Waals surface area (Å²) in [5, 5.41) is 3.02. The molecular formula is C21H19NO3S. The lowest BCUT2D eigenvalue weighted by Crippen LogP contribution is -2.31. The zero-order chi connectivity index (χ0) is 17.9. The third-order valence-corrected chi connectivity index (χ3v) is 5.22. The Morgan fingerprint density at radius 2 is 2.04 bits per heavy atom. The summed E-state index contributed by atoms with van der Waals surface area (Å²) < 4.78 is 11.1. The average molecular weight is 365 g/mol. The lowest BCUT2D eigenvalue weighted by atomic mass is 10.1. The number of carbonyl (C=O) groups is 1. The molecule has 0 spiro atoms. The van der Waals surface area contributed by atoms with Crippen molar-refractivity contribution in [2.45, 2.75) is 26.4 Å². The lowest BCUT2D eigenvalue weighted by Gasteiger charge is -2.21. The number of hydrogen-bond acceptors (Lipinski definition) is 4. The normalized spacial score (nSPS) is 11.1. The molecule has 0 unspecified atom stereocenters. The number of amides is 1.